The van der Waals surface area contributed by atoms with Gasteiger partial charge in [-0.15, -0.1) is 0 Å². The largest absolute Gasteiger partial charge is 0.416 e. The molecule has 1 aliphatic rings. The monoisotopic (exact) mass is 216 g/mol. The molecule has 15 heavy (non-hydrogen) atoms. The van der Waals surface area contributed by atoms with Crippen LogP contribution in [0.2, 0.25) is 0 Å². The van der Waals surface area contributed by atoms with Crippen molar-refractivity contribution in [3.63, 3.8) is 0 Å². The van der Waals surface area contributed by atoms with Gasteiger partial charge < -0.3 is 4.74 Å². The maximum absolute atomic E-state index is 12.4. The van der Waals surface area contributed by atoms with Crippen LogP contribution in [0.25, 0.3) is 0 Å². The predicted molar refractivity (Wildman–Crippen MR) is 49.4 cm³/mol. The number of rotatable bonds is 2. The minimum Gasteiger partial charge on any atom is -0.365 e. The Morgan fingerprint density at radius 2 is 2.07 bits per heavy atom. The molecule has 1 aliphatic heterocycles. The van der Waals surface area contributed by atoms with E-state index in [2.05, 4.69) is 0 Å². The average Bonchev–Trinajstić information content (AvgIpc) is 2.97. The number of epoxide rings is 1. The first kappa shape index (κ1) is 10.5. The molecule has 0 radical (unpaired) electrons. The van der Waals surface area contributed by atoms with Gasteiger partial charge in [-0.25, -0.2) is 0 Å². The summed E-state index contributed by atoms with van der Waals surface area (Å²) in [6.07, 6.45) is -3.58. The molecule has 0 N–H and O–H groups in total. The van der Waals surface area contributed by atoms with Gasteiger partial charge in [-0.3, -0.25) is 0 Å². The van der Waals surface area contributed by atoms with Crippen LogP contribution >= 0.6 is 0 Å². The maximum atomic E-state index is 12.4. The fraction of sp³-hybridized carbons (Fsp3) is 0.455. The van der Waals surface area contributed by atoms with Gasteiger partial charge in [-0.1, -0.05) is 19.1 Å². The molecular formula is C11H11F3O. The Labute approximate surface area is 85.9 Å². The van der Waals surface area contributed by atoms with E-state index in [9.17, 15) is 13.2 Å². The summed E-state index contributed by atoms with van der Waals surface area (Å²) in [5, 5.41) is 0. The quantitative estimate of drug-likeness (QED) is 0.691. The lowest BCUT2D eigenvalue weighted by Crippen LogP contribution is -2.10. The summed E-state index contributed by atoms with van der Waals surface area (Å²) in [5.74, 6) is 0. The smallest absolute Gasteiger partial charge is 0.365 e. The zero-order valence-corrected chi connectivity index (χ0v) is 8.27. The first-order valence-electron chi connectivity index (χ1n) is 4.80. The van der Waals surface area contributed by atoms with E-state index < -0.39 is 17.3 Å². The second-order valence-electron chi connectivity index (χ2n) is 3.72. The van der Waals surface area contributed by atoms with Crippen molar-refractivity contribution in [1.29, 1.82) is 0 Å². The fourth-order valence-electron chi connectivity index (χ4n) is 1.64. The van der Waals surface area contributed by atoms with Gasteiger partial charge in [-0.2, -0.15) is 13.2 Å². The third-order valence-electron chi connectivity index (χ3n) is 2.78. The van der Waals surface area contributed by atoms with E-state index in [1.54, 1.807) is 6.07 Å². The zero-order chi connectivity index (χ0) is 11.1. The molecule has 0 saturated carbocycles. The van der Waals surface area contributed by atoms with E-state index in [1.807, 2.05) is 6.92 Å². The Bertz CT molecular complexity index is 366. The molecule has 0 bridgehead atoms. The van der Waals surface area contributed by atoms with Gasteiger partial charge in [0.1, 0.15) is 5.60 Å². The average molecular weight is 216 g/mol. The van der Waals surface area contributed by atoms with Crippen LogP contribution in [0.4, 0.5) is 13.2 Å². The Kier molecular flexibility index (Phi) is 2.26. The van der Waals surface area contributed by atoms with E-state index in [-0.39, 0.29) is 0 Å². The molecule has 0 aliphatic carbocycles. The van der Waals surface area contributed by atoms with Crippen LogP contribution in [0.15, 0.2) is 24.3 Å². The highest BCUT2D eigenvalue weighted by molar-refractivity contribution is 5.32. The number of hydrogen-bond acceptors (Lipinski definition) is 1. The number of halogens is 3. The zero-order valence-electron chi connectivity index (χ0n) is 8.27. The Morgan fingerprint density at radius 1 is 1.40 bits per heavy atom. The van der Waals surface area contributed by atoms with Gasteiger partial charge in [0, 0.05) is 0 Å². The van der Waals surface area contributed by atoms with Gasteiger partial charge in [-0.05, 0) is 24.1 Å². The highest BCUT2D eigenvalue weighted by atomic mass is 19.4. The van der Waals surface area contributed by atoms with Crippen LogP contribution in [0.1, 0.15) is 24.5 Å². The summed E-state index contributed by atoms with van der Waals surface area (Å²) < 4.78 is 42.6. The van der Waals surface area contributed by atoms with E-state index in [0.29, 0.717) is 18.6 Å². The number of hydrogen-bond donors (Lipinski definition) is 0. The van der Waals surface area contributed by atoms with Crippen LogP contribution in [0.5, 0.6) is 0 Å². The van der Waals surface area contributed by atoms with E-state index in [0.717, 1.165) is 6.07 Å². The molecule has 0 spiro atoms. The Morgan fingerprint density at radius 3 is 2.53 bits per heavy atom. The molecule has 0 aromatic heterocycles. The van der Waals surface area contributed by atoms with Gasteiger partial charge in [0.05, 0.1) is 12.2 Å². The van der Waals surface area contributed by atoms with Gasteiger partial charge >= 0.3 is 6.18 Å². The van der Waals surface area contributed by atoms with E-state index in [4.69, 9.17) is 4.74 Å². The maximum Gasteiger partial charge on any atom is 0.416 e. The molecule has 1 fully saturated rings. The minimum absolute atomic E-state index is 0.457. The van der Waals surface area contributed by atoms with Crippen molar-refractivity contribution in [3.05, 3.63) is 35.4 Å². The molecule has 1 atom stereocenters. The predicted octanol–water partition coefficient (Wildman–Crippen LogP) is 3.34. The summed E-state index contributed by atoms with van der Waals surface area (Å²) in [6, 6.07) is 5.37. The second kappa shape index (κ2) is 3.23. The molecule has 4 heteroatoms. The highest BCUT2D eigenvalue weighted by Crippen LogP contribution is 2.43. The lowest BCUT2D eigenvalue weighted by Gasteiger charge is -2.12. The Balaban J connectivity index is 2.35. The molecule has 82 valence electrons. The van der Waals surface area contributed by atoms with Crippen molar-refractivity contribution in [2.45, 2.75) is 25.1 Å². The number of ether oxygens (including phenoxy) is 1. The van der Waals surface area contributed by atoms with Crippen molar-refractivity contribution in [1.82, 2.24) is 0 Å². The molecule has 1 nitrogen and oxygen atoms in total. The van der Waals surface area contributed by atoms with E-state index >= 15 is 0 Å². The molecule has 2 rings (SSSR count). The van der Waals surface area contributed by atoms with Crippen LogP contribution in [-0.4, -0.2) is 6.61 Å². The van der Waals surface area contributed by atoms with Crippen molar-refractivity contribution < 1.29 is 17.9 Å². The lowest BCUT2D eigenvalue weighted by molar-refractivity contribution is -0.137. The summed E-state index contributed by atoms with van der Waals surface area (Å²) >= 11 is 0. The standard InChI is InChI=1S/C11H11F3O/c1-2-10(7-15-10)8-4-3-5-9(6-8)11(12,13)14/h3-6H,2,7H2,1H3. The molecule has 1 aromatic rings. The van der Waals surface area contributed by atoms with Gasteiger partial charge in [0.2, 0.25) is 0 Å². The third kappa shape index (κ3) is 1.86. The molecule has 1 saturated heterocycles. The molecule has 1 heterocycles. The summed E-state index contributed by atoms with van der Waals surface area (Å²) in [6.45, 7) is 2.43. The SMILES string of the molecule is CCC1(c2cccc(C(F)(F)F)c2)CO1. The summed E-state index contributed by atoms with van der Waals surface area (Å²) in [4.78, 5) is 0. The van der Waals surface area contributed by atoms with Crippen molar-refractivity contribution in [3.8, 4) is 0 Å². The summed E-state index contributed by atoms with van der Waals surface area (Å²) in [7, 11) is 0. The highest BCUT2D eigenvalue weighted by Gasteiger charge is 2.45. The number of alkyl halides is 3. The van der Waals surface area contributed by atoms with Crippen molar-refractivity contribution in [2.24, 2.45) is 0 Å². The van der Waals surface area contributed by atoms with Crippen molar-refractivity contribution >= 4 is 0 Å². The van der Waals surface area contributed by atoms with Gasteiger partial charge in [0.25, 0.3) is 0 Å². The summed E-state index contributed by atoms with van der Waals surface area (Å²) in [5.41, 5.74) is -0.440. The first-order chi connectivity index (χ1) is 6.98. The molecule has 1 aromatic carbocycles. The van der Waals surface area contributed by atoms with Crippen LogP contribution in [0.3, 0.4) is 0 Å². The molecular weight excluding hydrogens is 205 g/mol. The Hall–Kier alpha value is -1.03. The van der Waals surface area contributed by atoms with Crippen LogP contribution in [-0.2, 0) is 16.5 Å². The minimum atomic E-state index is -4.28. The topological polar surface area (TPSA) is 12.5 Å². The third-order valence-corrected chi connectivity index (χ3v) is 2.78. The van der Waals surface area contributed by atoms with E-state index in [1.165, 1.54) is 12.1 Å². The number of benzene rings is 1. The van der Waals surface area contributed by atoms with Crippen molar-refractivity contribution in [2.75, 3.05) is 6.61 Å². The first-order valence-corrected chi connectivity index (χ1v) is 4.80. The molecule has 0 amide bonds. The lowest BCUT2D eigenvalue weighted by atomic mass is 9.95. The van der Waals surface area contributed by atoms with Crippen LogP contribution in [0, 0.1) is 0 Å². The fourth-order valence-corrected chi connectivity index (χ4v) is 1.64. The van der Waals surface area contributed by atoms with Gasteiger partial charge in [0.15, 0.2) is 0 Å². The second-order valence-corrected chi connectivity index (χ2v) is 3.72. The van der Waals surface area contributed by atoms with Crippen LogP contribution < -0.4 is 0 Å². The normalized spacial score (nSPS) is 25.3. The molecule has 1 unspecified atom stereocenters.